The van der Waals surface area contributed by atoms with Gasteiger partial charge in [-0.2, -0.15) is 0 Å². The number of halogens is 2. The quantitative estimate of drug-likeness (QED) is 0.634. The molecule has 0 saturated carbocycles. The second-order valence-corrected chi connectivity index (χ2v) is 8.76. The van der Waals surface area contributed by atoms with Crippen molar-refractivity contribution in [3.05, 3.63) is 55.5 Å². The van der Waals surface area contributed by atoms with E-state index in [2.05, 4.69) is 37.2 Å². The van der Waals surface area contributed by atoms with Crippen LogP contribution in [0.1, 0.15) is 38.8 Å². The summed E-state index contributed by atoms with van der Waals surface area (Å²) in [7, 11) is 3.17. The summed E-state index contributed by atoms with van der Waals surface area (Å²) in [4.78, 5) is 25.6. The molecule has 30 heavy (non-hydrogen) atoms. The van der Waals surface area contributed by atoms with Gasteiger partial charge in [0.2, 0.25) is 0 Å². The van der Waals surface area contributed by atoms with Gasteiger partial charge in [-0.1, -0.05) is 31.9 Å². The van der Waals surface area contributed by atoms with E-state index in [1.807, 2.05) is 36.1 Å². The number of hydrogen-bond donors (Lipinski definition) is 1. The van der Waals surface area contributed by atoms with Crippen molar-refractivity contribution >= 4 is 43.7 Å². The first kappa shape index (κ1) is 22.6. The molecule has 4 rings (SSSR count). The third-order valence-electron chi connectivity index (χ3n) is 5.18. The van der Waals surface area contributed by atoms with Crippen LogP contribution in [0.2, 0.25) is 0 Å². The van der Waals surface area contributed by atoms with E-state index in [1.165, 1.54) is 0 Å². The van der Waals surface area contributed by atoms with Crippen molar-refractivity contribution in [2.24, 2.45) is 0 Å². The highest BCUT2D eigenvalue weighted by Crippen LogP contribution is 2.32. The van der Waals surface area contributed by atoms with Gasteiger partial charge in [-0.05, 0) is 55.2 Å². The number of fused-ring (bicyclic) bond motifs is 2. The standard InChI is InChI=1S/C12H14BrNO2.C10H10BrNO2/c1-3-14-5-4-8-6-9(13)7-10(16-2)11(8)12(14)15;1-14-8-5-7(11)4-6-2-3-12-10(13)9(6)8/h6-7H,3-5H2,1-2H3;4-5H,2-3H2,1H3,(H,12,13). The van der Waals surface area contributed by atoms with Gasteiger partial charge < -0.3 is 19.7 Å². The van der Waals surface area contributed by atoms with E-state index >= 15 is 0 Å². The van der Waals surface area contributed by atoms with Crippen molar-refractivity contribution in [3.8, 4) is 11.5 Å². The molecule has 0 saturated heterocycles. The lowest BCUT2D eigenvalue weighted by Crippen LogP contribution is -2.37. The molecule has 1 N–H and O–H groups in total. The number of benzene rings is 2. The summed E-state index contributed by atoms with van der Waals surface area (Å²) < 4.78 is 12.4. The minimum absolute atomic E-state index is 0.0457. The lowest BCUT2D eigenvalue weighted by Gasteiger charge is -2.28. The third-order valence-corrected chi connectivity index (χ3v) is 6.09. The van der Waals surface area contributed by atoms with Gasteiger partial charge in [0.05, 0.1) is 25.3 Å². The van der Waals surface area contributed by atoms with Crippen molar-refractivity contribution in [2.45, 2.75) is 19.8 Å². The molecule has 0 spiro atoms. The molecule has 0 radical (unpaired) electrons. The SMILES string of the molecule is CCN1CCc2cc(Br)cc(OC)c2C1=O.COc1cc(Br)cc2c1C(=O)NCC2. The van der Waals surface area contributed by atoms with Crippen LogP contribution in [0, 0.1) is 0 Å². The molecule has 2 amide bonds. The topological polar surface area (TPSA) is 67.9 Å². The molecule has 2 heterocycles. The van der Waals surface area contributed by atoms with Crippen LogP contribution in [-0.4, -0.2) is 50.6 Å². The van der Waals surface area contributed by atoms with Gasteiger partial charge in [-0.25, -0.2) is 0 Å². The summed E-state index contributed by atoms with van der Waals surface area (Å²) in [5.41, 5.74) is 3.50. The number of ether oxygens (including phenoxy) is 2. The molecular formula is C22H24Br2N2O4. The van der Waals surface area contributed by atoms with E-state index in [0.29, 0.717) is 23.6 Å². The second kappa shape index (κ2) is 9.83. The van der Waals surface area contributed by atoms with E-state index in [9.17, 15) is 9.59 Å². The van der Waals surface area contributed by atoms with Gasteiger partial charge in [0.25, 0.3) is 11.8 Å². The Labute approximate surface area is 193 Å². The van der Waals surface area contributed by atoms with Gasteiger partial charge in [-0.15, -0.1) is 0 Å². The zero-order valence-corrected chi connectivity index (χ0v) is 20.4. The number of methoxy groups -OCH3 is 2. The fourth-order valence-electron chi connectivity index (χ4n) is 3.70. The fourth-order valence-corrected chi connectivity index (χ4v) is 4.67. The van der Waals surface area contributed by atoms with Crippen molar-refractivity contribution in [1.29, 1.82) is 0 Å². The van der Waals surface area contributed by atoms with Gasteiger partial charge in [-0.3, -0.25) is 9.59 Å². The van der Waals surface area contributed by atoms with Crippen LogP contribution in [0.5, 0.6) is 11.5 Å². The summed E-state index contributed by atoms with van der Waals surface area (Å²) in [6.07, 6.45) is 1.75. The lowest BCUT2D eigenvalue weighted by atomic mass is 9.98. The Bertz CT molecular complexity index is 944. The molecule has 0 fully saturated rings. The maximum absolute atomic E-state index is 12.2. The van der Waals surface area contributed by atoms with Gasteiger partial charge in [0.1, 0.15) is 11.5 Å². The van der Waals surface area contributed by atoms with E-state index in [4.69, 9.17) is 9.47 Å². The first-order chi connectivity index (χ1) is 14.4. The Morgan fingerprint density at radius 3 is 2.07 bits per heavy atom. The minimum atomic E-state index is -0.0457. The van der Waals surface area contributed by atoms with E-state index in [1.54, 1.807) is 14.2 Å². The number of hydrogen-bond acceptors (Lipinski definition) is 4. The first-order valence-electron chi connectivity index (χ1n) is 9.69. The fraction of sp³-hybridized carbons (Fsp3) is 0.364. The Kier molecular flexibility index (Phi) is 7.41. The normalized spacial score (nSPS) is 14.8. The molecule has 0 aliphatic carbocycles. The largest absolute Gasteiger partial charge is 0.496 e. The Morgan fingerprint density at radius 2 is 1.50 bits per heavy atom. The number of carbonyl (C=O) groups is 2. The monoisotopic (exact) mass is 538 g/mol. The zero-order chi connectivity index (χ0) is 21.8. The number of likely N-dealkylation sites (N-methyl/N-ethyl adjacent to an activating group) is 1. The zero-order valence-electron chi connectivity index (χ0n) is 17.2. The van der Waals surface area contributed by atoms with E-state index < -0.39 is 0 Å². The molecule has 2 aromatic rings. The van der Waals surface area contributed by atoms with Crippen molar-refractivity contribution in [1.82, 2.24) is 10.2 Å². The highest BCUT2D eigenvalue weighted by atomic mass is 79.9. The molecule has 160 valence electrons. The molecule has 2 aliphatic heterocycles. The maximum Gasteiger partial charge on any atom is 0.257 e. The van der Waals surface area contributed by atoms with Crippen LogP contribution >= 0.6 is 31.9 Å². The lowest BCUT2D eigenvalue weighted by molar-refractivity contribution is 0.0744. The summed E-state index contributed by atoms with van der Waals surface area (Å²) in [6, 6.07) is 7.62. The van der Waals surface area contributed by atoms with Crippen LogP contribution in [0.25, 0.3) is 0 Å². The predicted molar refractivity (Wildman–Crippen MR) is 123 cm³/mol. The Balaban J connectivity index is 0.000000172. The molecule has 0 atom stereocenters. The molecular weight excluding hydrogens is 516 g/mol. The van der Waals surface area contributed by atoms with Crippen LogP contribution in [0.4, 0.5) is 0 Å². The first-order valence-corrected chi connectivity index (χ1v) is 11.3. The van der Waals surface area contributed by atoms with E-state index in [0.717, 1.165) is 51.6 Å². The smallest absolute Gasteiger partial charge is 0.257 e. The average Bonchev–Trinajstić information content (AvgIpc) is 2.73. The Hall–Kier alpha value is -2.06. The van der Waals surface area contributed by atoms with Crippen molar-refractivity contribution in [2.75, 3.05) is 33.9 Å². The van der Waals surface area contributed by atoms with Gasteiger partial charge >= 0.3 is 0 Å². The highest BCUT2D eigenvalue weighted by Gasteiger charge is 2.27. The van der Waals surface area contributed by atoms with Crippen LogP contribution in [0.3, 0.4) is 0 Å². The summed E-state index contributed by atoms with van der Waals surface area (Å²) in [5.74, 6) is 1.32. The molecule has 6 nitrogen and oxygen atoms in total. The number of rotatable bonds is 3. The predicted octanol–water partition coefficient (Wildman–Crippen LogP) is 4.22. The molecule has 0 unspecified atom stereocenters. The van der Waals surface area contributed by atoms with E-state index in [-0.39, 0.29) is 11.8 Å². The van der Waals surface area contributed by atoms with Crippen molar-refractivity contribution in [3.63, 3.8) is 0 Å². The number of nitrogens with zero attached hydrogens (tertiary/aromatic N) is 1. The highest BCUT2D eigenvalue weighted by molar-refractivity contribution is 9.10. The maximum atomic E-state index is 12.2. The average molecular weight is 540 g/mol. The molecule has 2 aromatic carbocycles. The minimum Gasteiger partial charge on any atom is -0.496 e. The second-order valence-electron chi connectivity index (χ2n) is 6.93. The number of carbonyl (C=O) groups excluding carboxylic acids is 2. The number of nitrogens with one attached hydrogen (secondary N) is 1. The molecule has 8 heteroatoms. The molecule has 2 aliphatic rings. The van der Waals surface area contributed by atoms with Crippen LogP contribution in [0.15, 0.2) is 33.2 Å². The van der Waals surface area contributed by atoms with Crippen LogP contribution in [-0.2, 0) is 12.8 Å². The van der Waals surface area contributed by atoms with Crippen LogP contribution < -0.4 is 14.8 Å². The Morgan fingerprint density at radius 1 is 0.933 bits per heavy atom. The summed E-state index contributed by atoms with van der Waals surface area (Å²) in [6.45, 7) is 4.24. The molecule has 0 aromatic heterocycles. The summed E-state index contributed by atoms with van der Waals surface area (Å²) in [5, 5.41) is 2.80. The van der Waals surface area contributed by atoms with Gasteiger partial charge in [0.15, 0.2) is 0 Å². The van der Waals surface area contributed by atoms with Gasteiger partial charge in [0, 0.05) is 28.6 Å². The molecule has 0 bridgehead atoms. The third kappa shape index (κ3) is 4.64. The summed E-state index contributed by atoms with van der Waals surface area (Å²) >= 11 is 6.82. The van der Waals surface area contributed by atoms with Crippen molar-refractivity contribution < 1.29 is 19.1 Å². The number of amides is 2.